The lowest BCUT2D eigenvalue weighted by molar-refractivity contribution is -0.138. The van der Waals surface area contributed by atoms with Crippen molar-refractivity contribution >= 4 is 11.6 Å². The number of aromatic hydroxyl groups is 2. The minimum absolute atomic E-state index is 0.0157. The Labute approximate surface area is 180 Å². The molecule has 1 aromatic carbocycles. The van der Waals surface area contributed by atoms with E-state index >= 15 is 0 Å². The second-order valence-corrected chi connectivity index (χ2v) is 10.4. The molecule has 3 aliphatic carbocycles. The summed E-state index contributed by atoms with van der Waals surface area (Å²) in [7, 11) is 0. The van der Waals surface area contributed by atoms with E-state index in [-0.39, 0.29) is 28.7 Å². The molecule has 0 spiro atoms. The van der Waals surface area contributed by atoms with Gasteiger partial charge in [-0.2, -0.15) is 0 Å². The number of hydrogen-bond acceptors (Lipinski definition) is 3. The molecule has 4 unspecified atom stereocenters. The molecule has 3 aliphatic rings. The molecular formula is C26H35NO3. The van der Waals surface area contributed by atoms with Crippen LogP contribution >= 0.6 is 0 Å². The summed E-state index contributed by atoms with van der Waals surface area (Å²) in [6, 6.07) is 4.31. The van der Waals surface area contributed by atoms with Gasteiger partial charge in [0.2, 0.25) is 5.91 Å². The van der Waals surface area contributed by atoms with Gasteiger partial charge in [0.1, 0.15) is 11.5 Å². The van der Waals surface area contributed by atoms with Crippen LogP contribution < -0.4 is 5.32 Å². The Bertz CT molecular complexity index is 915. The van der Waals surface area contributed by atoms with Crippen LogP contribution in [0.15, 0.2) is 41.5 Å². The van der Waals surface area contributed by atoms with Crippen LogP contribution in [0, 0.1) is 28.6 Å². The van der Waals surface area contributed by atoms with Gasteiger partial charge in [-0.15, -0.1) is 0 Å². The number of carbonyl (C=O) groups excluding carboxylic acids is 1. The average Bonchev–Trinajstić information content (AvgIpc) is 2.69. The first-order valence-corrected chi connectivity index (χ1v) is 11.4. The van der Waals surface area contributed by atoms with Crippen LogP contribution in [0.5, 0.6) is 11.5 Å². The summed E-state index contributed by atoms with van der Waals surface area (Å²) < 4.78 is 0. The van der Waals surface area contributed by atoms with E-state index in [9.17, 15) is 15.0 Å². The molecule has 4 atom stereocenters. The lowest BCUT2D eigenvalue weighted by atomic mass is 9.46. The molecule has 0 bridgehead atoms. The second kappa shape index (κ2) is 7.47. The smallest absolute Gasteiger partial charge is 0.230 e. The predicted molar refractivity (Wildman–Crippen MR) is 120 cm³/mol. The first-order chi connectivity index (χ1) is 14.1. The molecule has 0 heterocycles. The van der Waals surface area contributed by atoms with Gasteiger partial charge in [0.15, 0.2) is 0 Å². The van der Waals surface area contributed by atoms with Crippen molar-refractivity contribution in [2.75, 3.05) is 5.32 Å². The SMILES string of the molecule is CC(C)C1=CC2=CCC3C(C)(C(=O)Nc4ccc(O)cc4O)CCCC3(C)C2CC1. The van der Waals surface area contributed by atoms with E-state index in [1.807, 2.05) is 0 Å². The van der Waals surface area contributed by atoms with Crippen LogP contribution in [0.1, 0.15) is 66.2 Å². The Hall–Kier alpha value is -2.23. The molecule has 0 aromatic heterocycles. The predicted octanol–water partition coefficient (Wildman–Crippen LogP) is 6.17. The molecule has 0 aliphatic heterocycles. The third kappa shape index (κ3) is 3.34. The number of allylic oxidation sites excluding steroid dienone is 4. The van der Waals surface area contributed by atoms with Crippen molar-refractivity contribution in [1.29, 1.82) is 0 Å². The van der Waals surface area contributed by atoms with E-state index in [1.54, 1.807) is 11.6 Å². The number of amides is 1. The van der Waals surface area contributed by atoms with E-state index in [0.717, 1.165) is 32.1 Å². The van der Waals surface area contributed by atoms with Crippen LogP contribution in [0.4, 0.5) is 5.69 Å². The summed E-state index contributed by atoms with van der Waals surface area (Å²) in [6.45, 7) is 9.08. The maximum atomic E-state index is 13.5. The molecule has 1 saturated carbocycles. The van der Waals surface area contributed by atoms with Crippen LogP contribution in [-0.4, -0.2) is 16.1 Å². The molecule has 162 valence electrons. The number of fused-ring (bicyclic) bond motifs is 3. The van der Waals surface area contributed by atoms with Crippen LogP contribution in [0.25, 0.3) is 0 Å². The van der Waals surface area contributed by atoms with Crippen molar-refractivity contribution in [3.63, 3.8) is 0 Å². The summed E-state index contributed by atoms with van der Waals surface area (Å²) in [5.41, 5.74) is 3.04. The molecule has 30 heavy (non-hydrogen) atoms. The standard InChI is InChI=1S/C26H35NO3/c1-16(2)17-6-9-20-18(14-17)7-11-23-25(20,3)12-5-13-26(23,4)24(30)27-21-10-8-19(28)15-22(21)29/h7-8,10,14-16,20,23,28-29H,5-6,9,11-13H2,1-4H3,(H,27,30). The van der Waals surface area contributed by atoms with Gasteiger partial charge in [0, 0.05) is 6.07 Å². The monoisotopic (exact) mass is 409 g/mol. The Morgan fingerprint density at radius 2 is 1.97 bits per heavy atom. The van der Waals surface area contributed by atoms with Crippen molar-refractivity contribution in [3.05, 3.63) is 41.5 Å². The van der Waals surface area contributed by atoms with Crippen LogP contribution in [0.3, 0.4) is 0 Å². The Kier molecular flexibility index (Phi) is 5.24. The minimum atomic E-state index is -0.485. The zero-order chi connectivity index (χ0) is 21.7. The topological polar surface area (TPSA) is 69.6 Å². The number of benzene rings is 1. The van der Waals surface area contributed by atoms with E-state index in [1.165, 1.54) is 24.1 Å². The fraction of sp³-hybridized carbons (Fsp3) is 0.577. The number of nitrogens with one attached hydrogen (secondary N) is 1. The molecule has 1 fully saturated rings. The maximum absolute atomic E-state index is 13.5. The average molecular weight is 410 g/mol. The van der Waals surface area contributed by atoms with E-state index in [0.29, 0.717) is 17.5 Å². The quantitative estimate of drug-likeness (QED) is 0.413. The van der Waals surface area contributed by atoms with E-state index < -0.39 is 5.41 Å². The number of anilines is 1. The molecule has 3 N–H and O–H groups in total. The molecule has 1 aromatic rings. The Balaban J connectivity index is 1.64. The highest BCUT2D eigenvalue weighted by Gasteiger charge is 2.57. The number of phenolic OH excluding ortho intramolecular Hbond substituents is 2. The lowest BCUT2D eigenvalue weighted by Gasteiger charge is -2.57. The van der Waals surface area contributed by atoms with Gasteiger partial charge in [0.05, 0.1) is 11.1 Å². The summed E-state index contributed by atoms with van der Waals surface area (Å²) >= 11 is 0. The lowest BCUT2D eigenvalue weighted by Crippen LogP contribution is -2.54. The normalized spacial score (nSPS) is 33.2. The van der Waals surface area contributed by atoms with Gasteiger partial charge in [-0.3, -0.25) is 4.79 Å². The highest BCUT2D eigenvalue weighted by molar-refractivity contribution is 5.96. The van der Waals surface area contributed by atoms with Crippen molar-refractivity contribution in [2.45, 2.75) is 66.2 Å². The number of carbonyl (C=O) groups is 1. The minimum Gasteiger partial charge on any atom is -0.508 e. The number of hydrogen-bond donors (Lipinski definition) is 3. The zero-order valence-corrected chi connectivity index (χ0v) is 18.7. The van der Waals surface area contributed by atoms with Gasteiger partial charge in [-0.25, -0.2) is 0 Å². The molecule has 4 rings (SSSR count). The molecule has 0 saturated heterocycles. The molecule has 4 heteroatoms. The first kappa shape index (κ1) is 21.0. The highest BCUT2D eigenvalue weighted by Crippen LogP contribution is 2.62. The number of rotatable bonds is 3. The Morgan fingerprint density at radius 3 is 2.67 bits per heavy atom. The largest absolute Gasteiger partial charge is 0.508 e. The fourth-order valence-electron chi connectivity index (χ4n) is 6.51. The van der Waals surface area contributed by atoms with Gasteiger partial charge in [-0.05, 0) is 73.0 Å². The number of phenols is 2. The van der Waals surface area contributed by atoms with Gasteiger partial charge in [0.25, 0.3) is 0 Å². The molecular weight excluding hydrogens is 374 g/mol. The van der Waals surface area contributed by atoms with Gasteiger partial charge >= 0.3 is 0 Å². The van der Waals surface area contributed by atoms with Crippen molar-refractivity contribution < 1.29 is 15.0 Å². The van der Waals surface area contributed by atoms with E-state index in [2.05, 4.69) is 45.2 Å². The fourth-order valence-corrected chi connectivity index (χ4v) is 6.51. The van der Waals surface area contributed by atoms with Crippen LogP contribution in [0.2, 0.25) is 0 Å². The van der Waals surface area contributed by atoms with Gasteiger partial charge < -0.3 is 15.5 Å². The second-order valence-electron chi connectivity index (χ2n) is 10.4. The zero-order valence-electron chi connectivity index (χ0n) is 18.7. The van der Waals surface area contributed by atoms with E-state index in [4.69, 9.17) is 0 Å². The summed E-state index contributed by atoms with van der Waals surface area (Å²) in [5.74, 6) is 1.25. The molecule has 4 nitrogen and oxygen atoms in total. The summed E-state index contributed by atoms with van der Waals surface area (Å²) in [6.07, 6.45) is 11.2. The van der Waals surface area contributed by atoms with Crippen molar-refractivity contribution in [1.82, 2.24) is 0 Å². The first-order valence-electron chi connectivity index (χ1n) is 11.4. The Morgan fingerprint density at radius 1 is 1.20 bits per heavy atom. The van der Waals surface area contributed by atoms with Crippen molar-refractivity contribution in [3.8, 4) is 11.5 Å². The highest BCUT2D eigenvalue weighted by atomic mass is 16.3. The third-order valence-corrected chi connectivity index (χ3v) is 8.33. The van der Waals surface area contributed by atoms with Gasteiger partial charge in [-0.1, -0.05) is 51.8 Å². The molecule has 0 radical (unpaired) electrons. The summed E-state index contributed by atoms with van der Waals surface area (Å²) in [4.78, 5) is 13.5. The van der Waals surface area contributed by atoms with Crippen LogP contribution in [-0.2, 0) is 4.79 Å². The summed E-state index contributed by atoms with van der Waals surface area (Å²) in [5, 5.41) is 22.6. The third-order valence-electron chi connectivity index (χ3n) is 8.33. The maximum Gasteiger partial charge on any atom is 0.230 e. The molecule has 1 amide bonds. The van der Waals surface area contributed by atoms with Crippen molar-refractivity contribution in [2.24, 2.45) is 28.6 Å².